The molecule has 0 aliphatic heterocycles. The van der Waals surface area contributed by atoms with Gasteiger partial charge in [-0.25, -0.2) is 14.6 Å². The SMILES string of the molecule is CCc1ccc(Cl)c(-n2nc3nc(C(F)(F)F)nc(C(F)(F)F)c3c2N)c1. The van der Waals surface area contributed by atoms with Gasteiger partial charge in [-0.2, -0.15) is 26.3 Å². The van der Waals surface area contributed by atoms with E-state index >= 15 is 0 Å². The molecule has 0 aliphatic carbocycles. The Hall–Kier alpha value is -2.56. The van der Waals surface area contributed by atoms with Gasteiger partial charge in [0, 0.05) is 0 Å². The second-order valence-electron chi connectivity index (χ2n) is 5.53. The van der Waals surface area contributed by atoms with Gasteiger partial charge in [0.2, 0.25) is 5.82 Å². The molecule has 1 aromatic carbocycles. The van der Waals surface area contributed by atoms with Gasteiger partial charge in [0.25, 0.3) is 0 Å². The molecule has 12 heteroatoms. The van der Waals surface area contributed by atoms with Crippen molar-refractivity contribution in [3.05, 3.63) is 40.3 Å². The smallest absolute Gasteiger partial charge is 0.383 e. The van der Waals surface area contributed by atoms with Crippen LogP contribution in [-0.2, 0) is 18.8 Å². The second-order valence-corrected chi connectivity index (χ2v) is 5.93. The van der Waals surface area contributed by atoms with Crippen molar-refractivity contribution in [1.82, 2.24) is 19.7 Å². The summed E-state index contributed by atoms with van der Waals surface area (Å²) < 4.78 is 79.4. The van der Waals surface area contributed by atoms with Gasteiger partial charge in [-0.3, -0.25) is 0 Å². The minimum atomic E-state index is -5.20. The van der Waals surface area contributed by atoms with Crippen molar-refractivity contribution >= 4 is 28.5 Å². The van der Waals surface area contributed by atoms with Gasteiger partial charge in [-0.1, -0.05) is 24.6 Å². The Labute approximate surface area is 152 Å². The summed E-state index contributed by atoms with van der Waals surface area (Å²) in [4.78, 5) is 5.75. The number of nitrogen functional groups attached to an aromatic ring is 1. The summed E-state index contributed by atoms with van der Waals surface area (Å²) in [7, 11) is 0. The largest absolute Gasteiger partial charge is 0.451 e. The van der Waals surface area contributed by atoms with E-state index in [-0.39, 0.29) is 10.7 Å². The van der Waals surface area contributed by atoms with Gasteiger partial charge < -0.3 is 5.73 Å². The zero-order valence-corrected chi connectivity index (χ0v) is 14.2. The molecule has 0 saturated heterocycles. The van der Waals surface area contributed by atoms with Gasteiger partial charge in [-0.15, -0.1) is 5.10 Å². The molecular weight excluding hydrogens is 400 g/mol. The molecule has 144 valence electrons. The Morgan fingerprint density at radius 3 is 2.30 bits per heavy atom. The molecule has 0 fully saturated rings. The number of alkyl halides is 6. The monoisotopic (exact) mass is 409 g/mol. The lowest BCUT2D eigenvalue weighted by atomic mass is 10.1. The van der Waals surface area contributed by atoms with Crippen LogP contribution in [-0.4, -0.2) is 19.7 Å². The summed E-state index contributed by atoms with van der Waals surface area (Å²) in [5, 5.41) is 3.00. The third-order valence-corrected chi connectivity index (χ3v) is 4.06. The highest BCUT2D eigenvalue weighted by Crippen LogP contribution is 2.39. The lowest BCUT2D eigenvalue weighted by Crippen LogP contribution is -2.17. The number of fused-ring (bicyclic) bond motifs is 1. The number of rotatable bonds is 2. The van der Waals surface area contributed by atoms with Gasteiger partial charge >= 0.3 is 12.4 Å². The predicted molar refractivity (Wildman–Crippen MR) is 85.5 cm³/mol. The molecule has 0 amide bonds. The summed E-state index contributed by atoms with van der Waals surface area (Å²) in [5.74, 6) is -2.53. The molecule has 0 aliphatic rings. The zero-order valence-electron chi connectivity index (χ0n) is 13.5. The number of benzene rings is 1. The van der Waals surface area contributed by atoms with Crippen LogP contribution in [0.5, 0.6) is 0 Å². The van der Waals surface area contributed by atoms with E-state index in [1.807, 2.05) is 6.92 Å². The van der Waals surface area contributed by atoms with E-state index in [9.17, 15) is 26.3 Å². The second kappa shape index (κ2) is 6.25. The van der Waals surface area contributed by atoms with Crippen molar-refractivity contribution in [2.75, 3.05) is 5.73 Å². The van der Waals surface area contributed by atoms with Gasteiger partial charge in [0.05, 0.1) is 16.1 Å². The lowest BCUT2D eigenvalue weighted by Gasteiger charge is -2.11. The van der Waals surface area contributed by atoms with Crippen LogP contribution in [0.1, 0.15) is 24.0 Å². The molecule has 0 unspecified atom stereocenters. The van der Waals surface area contributed by atoms with Crippen molar-refractivity contribution in [3.63, 3.8) is 0 Å². The molecule has 3 rings (SSSR count). The maximum atomic E-state index is 13.3. The first-order valence-corrected chi connectivity index (χ1v) is 7.80. The molecule has 3 aromatic rings. The molecule has 5 nitrogen and oxygen atoms in total. The van der Waals surface area contributed by atoms with Crippen LogP contribution in [0.3, 0.4) is 0 Å². The molecule has 2 aromatic heterocycles. The topological polar surface area (TPSA) is 69.6 Å². The van der Waals surface area contributed by atoms with Crippen molar-refractivity contribution in [2.24, 2.45) is 0 Å². The number of aryl methyl sites for hydroxylation is 1. The van der Waals surface area contributed by atoms with Crippen LogP contribution >= 0.6 is 11.6 Å². The van der Waals surface area contributed by atoms with Gasteiger partial charge in [0.1, 0.15) is 5.82 Å². The summed E-state index contributed by atoms with van der Waals surface area (Å²) in [6, 6.07) is 4.70. The lowest BCUT2D eigenvalue weighted by molar-refractivity contribution is -0.151. The number of anilines is 1. The summed E-state index contributed by atoms with van der Waals surface area (Å²) in [6.45, 7) is 1.83. The Balaban J connectivity index is 2.38. The van der Waals surface area contributed by atoms with E-state index in [1.54, 1.807) is 6.07 Å². The van der Waals surface area contributed by atoms with E-state index in [4.69, 9.17) is 17.3 Å². The van der Waals surface area contributed by atoms with Crippen molar-refractivity contribution in [3.8, 4) is 5.69 Å². The van der Waals surface area contributed by atoms with Crippen LogP contribution in [0.25, 0.3) is 16.7 Å². The average molecular weight is 410 g/mol. The molecule has 27 heavy (non-hydrogen) atoms. The van der Waals surface area contributed by atoms with E-state index < -0.39 is 40.7 Å². The van der Waals surface area contributed by atoms with Crippen molar-refractivity contribution in [2.45, 2.75) is 25.7 Å². The van der Waals surface area contributed by atoms with E-state index in [0.29, 0.717) is 6.42 Å². The maximum Gasteiger partial charge on any atom is 0.451 e. The Morgan fingerprint density at radius 1 is 1.07 bits per heavy atom. The van der Waals surface area contributed by atoms with Gasteiger partial charge in [-0.05, 0) is 24.1 Å². The average Bonchev–Trinajstić information content (AvgIpc) is 2.89. The molecule has 0 saturated carbocycles. The standard InChI is InChI=1S/C15H10ClF6N5/c1-2-6-3-4-7(16)8(5-6)27-11(23)9-10(14(17,18)19)24-13(15(20,21)22)25-12(9)26-27/h3-5H,2,23H2,1H3. The predicted octanol–water partition coefficient (Wildman–Crippen LogP) is 4.65. The van der Waals surface area contributed by atoms with E-state index in [2.05, 4.69) is 15.1 Å². The summed E-state index contributed by atoms with van der Waals surface area (Å²) in [5.41, 5.74) is 4.01. The Morgan fingerprint density at radius 2 is 1.74 bits per heavy atom. The molecule has 2 heterocycles. The minimum Gasteiger partial charge on any atom is -0.383 e. The maximum absolute atomic E-state index is 13.3. The quantitative estimate of drug-likeness (QED) is 0.625. The van der Waals surface area contributed by atoms with Crippen LogP contribution in [0.2, 0.25) is 5.02 Å². The first-order chi connectivity index (χ1) is 12.4. The van der Waals surface area contributed by atoms with Crippen LogP contribution < -0.4 is 5.73 Å². The zero-order chi connectivity index (χ0) is 20.1. The minimum absolute atomic E-state index is 0.101. The van der Waals surface area contributed by atoms with Crippen LogP contribution in [0, 0.1) is 0 Å². The number of aromatic nitrogens is 4. The number of nitrogens with two attached hydrogens (primary N) is 1. The highest BCUT2D eigenvalue weighted by Gasteiger charge is 2.43. The van der Waals surface area contributed by atoms with Gasteiger partial charge in [0.15, 0.2) is 11.3 Å². The fraction of sp³-hybridized carbons (Fsp3) is 0.267. The fourth-order valence-electron chi connectivity index (χ4n) is 2.47. The molecule has 0 spiro atoms. The third-order valence-electron chi connectivity index (χ3n) is 3.74. The van der Waals surface area contributed by atoms with E-state index in [0.717, 1.165) is 10.2 Å². The number of hydrogen-bond acceptors (Lipinski definition) is 4. The van der Waals surface area contributed by atoms with Crippen molar-refractivity contribution in [1.29, 1.82) is 0 Å². The molecule has 0 radical (unpaired) electrons. The molecular formula is C15H10ClF6N5. The van der Waals surface area contributed by atoms with Crippen molar-refractivity contribution < 1.29 is 26.3 Å². The summed E-state index contributed by atoms with van der Waals surface area (Å²) >= 11 is 6.07. The van der Waals surface area contributed by atoms with Crippen LogP contribution in [0.15, 0.2) is 18.2 Å². The first kappa shape index (κ1) is 19.2. The highest BCUT2D eigenvalue weighted by atomic mass is 35.5. The third kappa shape index (κ3) is 3.38. The van der Waals surface area contributed by atoms with E-state index in [1.165, 1.54) is 12.1 Å². The number of hydrogen-bond donors (Lipinski definition) is 1. The first-order valence-electron chi connectivity index (χ1n) is 7.43. The highest BCUT2D eigenvalue weighted by molar-refractivity contribution is 6.32. The fourth-order valence-corrected chi connectivity index (χ4v) is 2.67. The molecule has 2 N–H and O–H groups in total. The normalized spacial score (nSPS) is 12.7. The number of nitrogens with zero attached hydrogens (tertiary/aromatic N) is 4. The van der Waals surface area contributed by atoms with Crippen LogP contribution in [0.4, 0.5) is 32.2 Å². The summed E-state index contributed by atoms with van der Waals surface area (Å²) in [6.07, 6.45) is -9.80. The Kier molecular flexibility index (Phi) is 4.45. The number of halogens is 7. The molecule has 0 atom stereocenters. The Bertz CT molecular complexity index is 1020. The molecule has 0 bridgehead atoms.